The topological polar surface area (TPSA) is 91.8 Å². The van der Waals surface area contributed by atoms with Crippen molar-refractivity contribution in [2.45, 2.75) is 10.9 Å². The molecule has 0 aliphatic carbocycles. The van der Waals surface area contributed by atoms with E-state index in [9.17, 15) is 0 Å². The highest BCUT2D eigenvalue weighted by Crippen LogP contribution is 2.25. The first-order valence-corrected chi connectivity index (χ1v) is 9.65. The Labute approximate surface area is 167 Å². The van der Waals surface area contributed by atoms with E-state index in [-0.39, 0.29) is 0 Å². The number of rotatable bonds is 6. The third-order valence-corrected chi connectivity index (χ3v) is 5.07. The van der Waals surface area contributed by atoms with Gasteiger partial charge in [0.25, 0.3) is 0 Å². The first-order valence-electron chi connectivity index (χ1n) is 7.87. The van der Waals surface area contributed by atoms with Crippen LogP contribution in [0.5, 0.6) is 5.75 Å². The van der Waals surface area contributed by atoms with Crippen LogP contribution in [0.15, 0.2) is 62.6 Å². The van der Waals surface area contributed by atoms with Crippen molar-refractivity contribution < 1.29 is 9.15 Å². The van der Waals surface area contributed by atoms with Gasteiger partial charge in [0.2, 0.25) is 16.9 Å². The average Bonchev–Trinajstić information content (AvgIpc) is 3.36. The lowest BCUT2D eigenvalue weighted by Crippen LogP contribution is -1.99. The van der Waals surface area contributed by atoms with E-state index in [0.717, 1.165) is 21.5 Å². The molecular formula is C17H13BrN6O2S. The fourth-order valence-corrected chi connectivity index (χ4v) is 3.29. The Morgan fingerprint density at radius 3 is 2.56 bits per heavy atom. The summed E-state index contributed by atoms with van der Waals surface area (Å²) in [4.78, 5) is 0. The van der Waals surface area contributed by atoms with Gasteiger partial charge in [-0.3, -0.25) is 0 Å². The van der Waals surface area contributed by atoms with Crippen LogP contribution in [-0.2, 0) is 5.75 Å². The van der Waals surface area contributed by atoms with Gasteiger partial charge in [0.1, 0.15) is 5.75 Å². The van der Waals surface area contributed by atoms with E-state index >= 15 is 0 Å². The number of halogens is 1. The molecule has 27 heavy (non-hydrogen) atoms. The van der Waals surface area contributed by atoms with E-state index in [2.05, 4.69) is 41.7 Å². The summed E-state index contributed by atoms with van der Waals surface area (Å²) >= 11 is 4.82. The number of nitrogens with zero attached hydrogens (tertiary/aromatic N) is 6. The Hall–Kier alpha value is -2.72. The molecule has 0 bridgehead atoms. The lowest BCUT2D eigenvalue weighted by molar-refractivity contribution is 0.414. The number of hydrogen-bond donors (Lipinski definition) is 0. The van der Waals surface area contributed by atoms with E-state index in [0.29, 0.717) is 22.7 Å². The van der Waals surface area contributed by atoms with Crippen LogP contribution in [0, 0.1) is 0 Å². The molecular weight excluding hydrogens is 432 g/mol. The van der Waals surface area contributed by atoms with Crippen molar-refractivity contribution in [2.24, 2.45) is 0 Å². The molecule has 0 saturated heterocycles. The van der Waals surface area contributed by atoms with Crippen molar-refractivity contribution in [1.82, 2.24) is 30.4 Å². The number of hydrogen-bond acceptors (Lipinski definition) is 8. The van der Waals surface area contributed by atoms with Crippen LogP contribution < -0.4 is 4.74 Å². The minimum Gasteiger partial charge on any atom is -0.497 e. The summed E-state index contributed by atoms with van der Waals surface area (Å²) in [6.07, 6.45) is 0. The van der Waals surface area contributed by atoms with Gasteiger partial charge in [-0.15, -0.1) is 15.3 Å². The van der Waals surface area contributed by atoms with Crippen LogP contribution >= 0.6 is 27.7 Å². The molecule has 0 aliphatic heterocycles. The van der Waals surface area contributed by atoms with Crippen molar-refractivity contribution in [3.05, 3.63) is 58.9 Å². The zero-order valence-corrected chi connectivity index (χ0v) is 16.5. The molecule has 2 aromatic carbocycles. The van der Waals surface area contributed by atoms with Crippen molar-refractivity contribution >= 4 is 27.7 Å². The number of aromatic nitrogens is 6. The summed E-state index contributed by atoms with van der Waals surface area (Å²) in [5.41, 5.74) is 1.70. The van der Waals surface area contributed by atoms with Gasteiger partial charge >= 0.3 is 0 Å². The Morgan fingerprint density at radius 1 is 1.04 bits per heavy atom. The summed E-state index contributed by atoms with van der Waals surface area (Å²) in [6, 6.07) is 15.2. The van der Waals surface area contributed by atoms with E-state index < -0.39 is 0 Å². The molecule has 0 amide bonds. The minimum absolute atomic E-state index is 0.458. The number of methoxy groups -OCH3 is 1. The van der Waals surface area contributed by atoms with E-state index in [1.807, 2.05) is 48.5 Å². The van der Waals surface area contributed by atoms with Gasteiger partial charge in [0.15, 0.2) is 0 Å². The quantitative estimate of drug-likeness (QED) is 0.414. The number of thioether (sulfide) groups is 1. The summed E-state index contributed by atoms with van der Waals surface area (Å²) in [6.45, 7) is 0. The molecule has 0 radical (unpaired) electrons. The number of tetrazole rings is 1. The SMILES string of the molecule is COc1ccc(-n2nnnc2SCc2nnc(-c3ccc(Br)cc3)o2)cc1. The monoisotopic (exact) mass is 444 g/mol. The molecule has 8 nitrogen and oxygen atoms in total. The Kier molecular flexibility index (Phi) is 5.16. The van der Waals surface area contributed by atoms with Crippen molar-refractivity contribution in [2.75, 3.05) is 7.11 Å². The highest BCUT2D eigenvalue weighted by molar-refractivity contribution is 9.10. The number of ether oxygens (including phenoxy) is 1. The molecule has 0 unspecified atom stereocenters. The Morgan fingerprint density at radius 2 is 1.81 bits per heavy atom. The second-order valence-corrected chi connectivity index (χ2v) is 7.23. The van der Waals surface area contributed by atoms with Gasteiger partial charge < -0.3 is 9.15 Å². The Balaban J connectivity index is 1.47. The second kappa shape index (κ2) is 7.89. The molecule has 0 atom stereocenters. The summed E-state index contributed by atoms with van der Waals surface area (Å²) < 4.78 is 13.5. The molecule has 0 N–H and O–H groups in total. The molecule has 0 aliphatic rings. The third-order valence-electron chi connectivity index (χ3n) is 3.64. The molecule has 10 heteroatoms. The molecule has 4 aromatic rings. The standard InChI is InChI=1S/C17H13BrN6O2S/c1-25-14-8-6-13(7-9-14)24-17(21-22-23-24)27-10-15-19-20-16(26-15)11-2-4-12(18)5-3-11/h2-9H,10H2,1H3. The molecule has 136 valence electrons. The van der Waals surface area contributed by atoms with E-state index in [4.69, 9.17) is 9.15 Å². The maximum atomic E-state index is 5.73. The predicted octanol–water partition coefficient (Wildman–Crippen LogP) is 3.78. The van der Waals surface area contributed by atoms with Gasteiger partial charge in [-0.05, 0) is 59.0 Å². The van der Waals surface area contributed by atoms with Gasteiger partial charge in [0.05, 0.1) is 18.6 Å². The molecule has 2 heterocycles. The molecule has 0 fully saturated rings. The van der Waals surface area contributed by atoms with Crippen molar-refractivity contribution in [3.63, 3.8) is 0 Å². The minimum atomic E-state index is 0.458. The fraction of sp³-hybridized carbons (Fsp3) is 0.118. The lowest BCUT2D eigenvalue weighted by Gasteiger charge is -2.04. The summed E-state index contributed by atoms with van der Waals surface area (Å²) in [5, 5.41) is 20.7. The first-order chi connectivity index (χ1) is 13.2. The number of benzene rings is 2. The van der Waals surface area contributed by atoms with Gasteiger partial charge in [-0.2, -0.15) is 4.68 Å². The largest absolute Gasteiger partial charge is 0.497 e. The van der Waals surface area contributed by atoms with E-state index in [1.54, 1.807) is 11.8 Å². The first kappa shape index (κ1) is 17.7. The second-order valence-electron chi connectivity index (χ2n) is 5.37. The van der Waals surface area contributed by atoms with Crippen LogP contribution in [0.1, 0.15) is 5.89 Å². The van der Waals surface area contributed by atoms with Crippen LogP contribution in [0.4, 0.5) is 0 Å². The molecule has 0 saturated carbocycles. The maximum Gasteiger partial charge on any atom is 0.247 e. The third kappa shape index (κ3) is 4.01. The zero-order chi connectivity index (χ0) is 18.6. The van der Waals surface area contributed by atoms with Crippen LogP contribution in [-0.4, -0.2) is 37.5 Å². The molecule has 0 spiro atoms. The van der Waals surface area contributed by atoms with Gasteiger partial charge in [-0.1, -0.05) is 27.7 Å². The molecule has 4 rings (SSSR count). The summed E-state index contributed by atoms with van der Waals surface area (Å²) in [5.74, 6) is 2.21. The highest BCUT2D eigenvalue weighted by Gasteiger charge is 2.13. The highest BCUT2D eigenvalue weighted by atomic mass is 79.9. The van der Waals surface area contributed by atoms with Crippen molar-refractivity contribution in [1.29, 1.82) is 0 Å². The van der Waals surface area contributed by atoms with Crippen LogP contribution in [0.2, 0.25) is 0 Å². The predicted molar refractivity (Wildman–Crippen MR) is 103 cm³/mol. The van der Waals surface area contributed by atoms with Gasteiger partial charge in [0, 0.05) is 10.0 Å². The van der Waals surface area contributed by atoms with Crippen LogP contribution in [0.25, 0.3) is 17.1 Å². The maximum absolute atomic E-state index is 5.73. The van der Waals surface area contributed by atoms with E-state index in [1.165, 1.54) is 11.8 Å². The van der Waals surface area contributed by atoms with Crippen molar-refractivity contribution in [3.8, 4) is 22.9 Å². The Bertz CT molecular complexity index is 1030. The fourth-order valence-electron chi connectivity index (χ4n) is 2.30. The summed E-state index contributed by atoms with van der Waals surface area (Å²) in [7, 11) is 1.63. The lowest BCUT2D eigenvalue weighted by atomic mass is 10.2. The normalized spacial score (nSPS) is 10.9. The smallest absolute Gasteiger partial charge is 0.247 e. The van der Waals surface area contributed by atoms with Crippen LogP contribution in [0.3, 0.4) is 0 Å². The average molecular weight is 445 g/mol. The molecule has 2 aromatic heterocycles. The van der Waals surface area contributed by atoms with Gasteiger partial charge in [-0.25, -0.2) is 0 Å². The zero-order valence-electron chi connectivity index (χ0n) is 14.1.